The average Bonchev–Trinajstić information content (AvgIpc) is 2.84. The highest BCUT2D eigenvalue weighted by molar-refractivity contribution is 8.03. The van der Waals surface area contributed by atoms with E-state index in [9.17, 15) is 0 Å². The number of benzene rings is 2. The molecule has 2 rings (SSSR count). The molecule has 0 bridgehead atoms. The Balaban J connectivity index is 2.00. The average molecular weight is 482 g/mol. The minimum atomic E-state index is -2.61. The van der Waals surface area contributed by atoms with E-state index in [2.05, 4.69) is 41.1 Å². The van der Waals surface area contributed by atoms with E-state index in [-0.39, 0.29) is 0 Å². The molecule has 6 heteroatoms. The molecule has 33 heavy (non-hydrogen) atoms. The second kappa shape index (κ2) is 16.5. The van der Waals surface area contributed by atoms with Gasteiger partial charge in [-0.2, -0.15) is 0 Å². The van der Waals surface area contributed by atoms with Gasteiger partial charge in [0.15, 0.2) is 0 Å². The summed E-state index contributed by atoms with van der Waals surface area (Å²) in [5.41, 5.74) is 2.28. The highest BCUT2D eigenvalue weighted by atomic mass is 32.2. The summed E-state index contributed by atoms with van der Waals surface area (Å²) in [5.74, 6) is 7.24. The Morgan fingerprint density at radius 1 is 0.909 bits per heavy atom. The Kier molecular flexibility index (Phi) is 13.5. The first-order valence-electron chi connectivity index (χ1n) is 11.6. The molecule has 0 aliphatic heterocycles. The SMILES string of the molecule is CCO[Si](CCCN=C/C(=C/C#Cc1ccccc1)SCc1ccccc1)(OCC)OCC. The molecule has 0 aliphatic carbocycles. The standard InChI is InChI=1S/C27H35NO3SSi/c1-4-29-33(30-5-2,31-6-3)22-14-21-28-23-27(32-24-26-17-11-8-12-18-26)20-13-19-25-15-9-7-10-16-25/h7-12,15-18,20,23H,4-6,14,21-22,24H2,1-3H3/b27-20-,28-23?. The van der Waals surface area contributed by atoms with Crippen molar-refractivity contribution in [1.82, 2.24) is 0 Å². The lowest BCUT2D eigenvalue weighted by atomic mass is 10.2. The van der Waals surface area contributed by atoms with E-state index in [1.54, 1.807) is 11.8 Å². The predicted octanol–water partition coefficient (Wildman–Crippen LogP) is 6.36. The van der Waals surface area contributed by atoms with Crippen molar-refractivity contribution in [1.29, 1.82) is 0 Å². The normalized spacial score (nSPS) is 12.0. The van der Waals surface area contributed by atoms with Crippen molar-refractivity contribution >= 4 is 26.8 Å². The summed E-state index contributed by atoms with van der Waals surface area (Å²) in [7, 11) is -2.61. The van der Waals surface area contributed by atoms with E-state index in [0.29, 0.717) is 26.4 Å². The van der Waals surface area contributed by atoms with Crippen LogP contribution in [0.5, 0.6) is 0 Å². The van der Waals surface area contributed by atoms with E-state index < -0.39 is 8.80 Å². The molecule has 0 radical (unpaired) electrons. The van der Waals surface area contributed by atoms with Crippen molar-refractivity contribution in [3.8, 4) is 11.8 Å². The van der Waals surface area contributed by atoms with E-state index in [0.717, 1.165) is 28.7 Å². The van der Waals surface area contributed by atoms with Crippen LogP contribution in [-0.2, 0) is 19.0 Å². The van der Waals surface area contributed by atoms with Crippen LogP contribution in [0.1, 0.15) is 38.3 Å². The summed E-state index contributed by atoms with van der Waals surface area (Å²) in [6, 6.07) is 21.2. The number of rotatable bonds is 14. The summed E-state index contributed by atoms with van der Waals surface area (Å²) < 4.78 is 17.8. The zero-order valence-corrected chi connectivity index (χ0v) is 21.8. The van der Waals surface area contributed by atoms with Crippen LogP contribution in [0.4, 0.5) is 0 Å². The van der Waals surface area contributed by atoms with Gasteiger partial charge in [-0.15, -0.1) is 11.8 Å². The highest BCUT2D eigenvalue weighted by Crippen LogP contribution is 2.21. The van der Waals surface area contributed by atoms with Gasteiger partial charge in [-0.3, -0.25) is 4.99 Å². The van der Waals surface area contributed by atoms with E-state index in [1.807, 2.05) is 69.5 Å². The molecule has 2 aromatic carbocycles. The van der Waals surface area contributed by atoms with Gasteiger partial charge in [0.2, 0.25) is 0 Å². The third-order valence-corrected chi connectivity index (χ3v) is 8.72. The first-order valence-corrected chi connectivity index (χ1v) is 14.5. The van der Waals surface area contributed by atoms with E-state index in [4.69, 9.17) is 13.3 Å². The molecule has 0 N–H and O–H groups in total. The third-order valence-electron chi connectivity index (χ3n) is 4.53. The topological polar surface area (TPSA) is 40.0 Å². The first kappa shape index (κ1) is 27.1. The number of thioether (sulfide) groups is 1. The van der Waals surface area contributed by atoms with Gasteiger partial charge in [0.1, 0.15) is 0 Å². The van der Waals surface area contributed by atoms with Crippen molar-refractivity contribution in [2.75, 3.05) is 26.4 Å². The van der Waals surface area contributed by atoms with Crippen molar-refractivity contribution in [3.05, 3.63) is 82.8 Å². The molecule has 0 saturated heterocycles. The minimum absolute atomic E-state index is 0.596. The van der Waals surface area contributed by atoms with Crippen molar-refractivity contribution < 1.29 is 13.3 Å². The molecular formula is C27H35NO3SSi. The maximum Gasteiger partial charge on any atom is 0.500 e. The van der Waals surface area contributed by atoms with Crippen molar-refractivity contribution in [3.63, 3.8) is 0 Å². The lowest BCUT2D eigenvalue weighted by molar-refractivity contribution is 0.0710. The van der Waals surface area contributed by atoms with Gasteiger partial charge in [0.05, 0.1) is 0 Å². The minimum Gasteiger partial charge on any atom is -0.374 e. The van der Waals surface area contributed by atoms with Crippen LogP contribution in [0.25, 0.3) is 0 Å². The number of aliphatic imine (C=N–C) groups is 1. The molecule has 0 atom stereocenters. The maximum absolute atomic E-state index is 5.93. The summed E-state index contributed by atoms with van der Waals surface area (Å²) in [4.78, 5) is 5.71. The van der Waals surface area contributed by atoms with Gasteiger partial charge < -0.3 is 13.3 Å². The van der Waals surface area contributed by atoms with Gasteiger partial charge in [-0.05, 0) is 44.9 Å². The Hall–Kier alpha value is -2.14. The quantitative estimate of drug-likeness (QED) is 0.136. The predicted molar refractivity (Wildman–Crippen MR) is 143 cm³/mol. The summed E-state index contributed by atoms with van der Waals surface area (Å²) in [5, 5.41) is 0. The van der Waals surface area contributed by atoms with Crippen molar-refractivity contribution in [2.45, 2.75) is 39.0 Å². The van der Waals surface area contributed by atoms with Crippen LogP contribution in [-0.4, -0.2) is 41.4 Å². The van der Waals surface area contributed by atoms with Crippen LogP contribution in [0.2, 0.25) is 6.04 Å². The number of hydrogen-bond donors (Lipinski definition) is 0. The van der Waals surface area contributed by atoms with Gasteiger partial charge in [0.25, 0.3) is 0 Å². The van der Waals surface area contributed by atoms with E-state index in [1.165, 1.54) is 5.56 Å². The molecule has 0 unspecified atom stereocenters. The Bertz CT molecular complexity index is 890. The molecule has 0 heterocycles. The second-order valence-corrected chi connectivity index (χ2v) is 10.9. The zero-order valence-electron chi connectivity index (χ0n) is 20.0. The van der Waals surface area contributed by atoms with Crippen molar-refractivity contribution in [2.24, 2.45) is 4.99 Å². The molecule has 0 spiro atoms. The Morgan fingerprint density at radius 3 is 2.12 bits per heavy atom. The summed E-state index contributed by atoms with van der Waals surface area (Å²) >= 11 is 1.74. The van der Waals surface area contributed by atoms with Crippen LogP contribution in [0.3, 0.4) is 0 Å². The molecular weight excluding hydrogens is 446 g/mol. The van der Waals surface area contributed by atoms with Crippen LogP contribution >= 0.6 is 11.8 Å². The Labute approximate surface area is 204 Å². The number of hydrogen-bond acceptors (Lipinski definition) is 5. The molecule has 176 valence electrons. The van der Waals surface area contributed by atoms with Gasteiger partial charge in [0, 0.05) is 60.9 Å². The maximum atomic E-state index is 5.93. The monoisotopic (exact) mass is 481 g/mol. The molecule has 4 nitrogen and oxygen atoms in total. The molecule has 2 aromatic rings. The largest absolute Gasteiger partial charge is 0.500 e. The van der Waals surface area contributed by atoms with Crippen LogP contribution in [0.15, 0.2) is 76.6 Å². The van der Waals surface area contributed by atoms with Gasteiger partial charge in [-0.1, -0.05) is 60.4 Å². The number of allylic oxidation sites excluding steroid dienone is 2. The molecule has 0 fully saturated rings. The van der Waals surface area contributed by atoms with E-state index >= 15 is 0 Å². The fourth-order valence-electron chi connectivity index (χ4n) is 3.11. The third kappa shape index (κ3) is 11.0. The lowest BCUT2D eigenvalue weighted by Gasteiger charge is -2.28. The molecule has 0 aliphatic rings. The van der Waals surface area contributed by atoms with Crippen LogP contribution in [0, 0.1) is 11.8 Å². The smallest absolute Gasteiger partial charge is 0.374 e. The zero-order chi connectivity index (χ0) is 23.6. The molecule has 0 amide bonds. The fraction of sp³-hybridized carbons (Fsp3) is 0.370. The fourth-order valence-corrected chi connectivity index (χ4v) is 6.52. The summed E-state index contributed by atoms with van der Waals surface area (Å²) in [6.45, 7) is 8.42. The first-order chi connectivity index (χ1) is 16.2. The molecule has 0 aromatic heterocycles. The lowest BCUT2D eigenvalue weighted by Crippen LogP contribution is -2.46. The number of nitrogens with zero attached hydrogens (tertiary/aromatic N) is 1. The highest BCUT2D eigenvalue weighted by Gasteiger charge is 2.39. The van der Waals surface area contributed by atoms with Crippen LogP contribution < -0.4 is 0 Å². The summed E-state index contributed by atoms with van der Waals surface area (Å²) in [6.07, 6.45) is 4.73. The van der Waals surface area contributed by atoms with Gasteiger partial charge in [-0.25, -0.2) is 0 Å². The Morgan fingerprint density at radius 2 is 1.52 bits per heavy atom. The second-order valence-electron chi connectivity index (χ2n) is 7.08. The molecule has 0 saturated carbocycles. The van der Waals surface area contributed by atoms with Gasteiger partial charge >= 0.3 is 8.80 Å².